The predicted octanol–water partition coefficient (Wildman–Crippen LogP) is 3.57. The third-order valence-corrected chi connectivity index (χ3v) is 4.02. The van der Waals surface area contributed by atoms with E-state index in [2.05, 4.69) is 18.3 Å². The molecule has 3 N–H and O–H groups in total. The molecule has 96 valence electrons. The number of thiophene rings is 1. The van der Waals surface area contributed by atoms with Gasteiger partial charge in [-0.05, 0) is 37.4 Å². The highest BCUT2D eigenvalue weighted by atomic mass is 32.1. The van der Waals surface area contributed by atoms with E-state index < -0.39 is 0 Å². The van der Waals surface area contributed by atoms with E-state index >= 15 is 0 Å². The molecule has 1 aromatic heterocycles. The van der Waals surface area contributed by atoms with Gasteiger partial charge in [0, 0.05) is 17.0 Å². The van der Waals surface area contributed by atoms with Gasteiger partial charge in [0.2, 0.25) is 0 Å². The quantitative estimate of drug-likeness (QED) is 0.790. The van der Waals surface area contributed by atoms with Crippen molar-refractivity contribution < 1.29 is 10.2 Å². The van der Waals surface area contributed by atoms with Gasteiger partial charge in [-0.1, -0.05) is 12.1 Å². The summed E-state index contributed by atoms with van der Waals surface area (Å²) in [5, 5.41) is 25.0. The first-order chi connectivity index (χ1) is 8.59. The topological polar surface area (TPSA) is 52.5 Å². The van der Waals surface area contributed by atoms with Crippen molar-refractivity contribution in [2.45, 2.75) is 25.9 Å². The van der Waals surface area contributed by atoms with Crippen LogP contribution in [-0.2, 0) is 0 Å². The number of nitrogens with one attached hydrogen (secondary N) is 1. The zero-order valence-corrected chi connectivity index (χ0v) is 11.2. The van der Waals surface area contributed by atoms with E-state index in [0.717, 1.165) is 0 Å². The molecule has 0 amide bonds. The molecule has 1 aromatic carbocycles. The summed E-state index contributed by atoms with van der Waals surface area (Å²) in [4.78, 5) is 1.23. The number of phenols is 2. The van der Waals surface area contributed by atoms with Crippen LogP contribution in [-0.4, -0.2) is 10.2 Å². The minimum Gasteiger partial charge on any atom is -0.507 e. The summed E-state index contributed by atoms with van der Waals surface area (Å²) in [5.74, 6) is 0.238. The Bertz CT molecular complexity index is 490. The number of aromatic hydroxyl groups is 2. The third-order valence-electron chi connectivity index (χ3n) is 2.96. The van der Waals surface area contributed by atoms with E-state index in [0.29, 0.717) is 5.56 Å². The molecule has 1 heterocycles. The highest BCUT2D eigenvalue weighted by molar-refractivity contribution is 7.10. The summed E-state index contributed by atoms with van der Waals surface area (Å²) in [6.45, 7) is 4.00. The van der Waals surface area contributed by atoms with Gasteiger partial charge in [-0.25, -0.2) is 0 Å². The van der Waals surface area contributed by atoms with Crippen molar-refractivity contribution in [3.63, 3.8) is 0 Å². The molecule has 0 saturated carbocycles. The number of rotatable bonds is 4. The van der Waals surface area contributed by atoms with Crippen molar-refractivity contribution in [2.24, 2.45) is 0 Å². The first-order valence-corrected chi connectivity index (χ1v) is 6.78. The van der Waals surface area contributed by atoms with Crippen LogP contribution >= 0.6 is 11.3 Å². The molecule has 0 bridgehead atoms. The minimum absolute atomic E-state index is 0.119. The molecule has 0 radical (unpaired) electrons. The lowest BCUT2D eigenvalue weighted by molar-refractivity contribution is 0.408. The monoisotopic (exact) mass is 263 g/mol. The Labute approximate surface area is 111 Å². The lowest BCUT2D eigenvalue weighted by Crippen LogP contribution is -2.21. The van der Waals surface area contributed by atoms with E-state index in [4.69, 9.17) is 0 Å². The van der Waals surface area contributed by atoms with E-state index in [1.54, 1.807) is 29.5 Å². The summed E-state index contributed by atoms with van der Waals surface area (Å²) < 4.78 is 0. The van der Waals surface area contributed by atoms with E-state index in [1.807, 2.05) is 18.4 Å². The lowest BCUT2D eigenvalue weighted by atomic mass is 10.0. The minimum atomic E-state index is -0.122. The lowest BCUT2D eigenvalue weighted by Gasteiger charge is -2.21. The van der Waals surface area contributed by atoms with Crippen molar-refractivity contribution in [1.82, 2.24) is 5.32 Å². The summed E-state index contributed by atoms with van der Waals surface area (Å²) in [7, 11) is 0. The summed E-state index contributed by atoms with van der Waals surface area (Å²) in [5.41, 5.74) is 0.543. The van der Waals surface area contributed by atoms with Crippen LogP contribution in [0.15, 0.2) is 35.7 Å². The van der Waals surface area contributed by atoms with Crippen LogP contribution in [0.2, 0.25) is 0 Å². The molecular weight excluding hydrogens is 246 g/mol. The van der Waals surface area contributed by atoms with E-state index in [1.165, 1.54) is 4.88 Å². The molecule has 0 aliphatic heterocycles. The normalized spacial score (nSPS) is 14.3. The Morgan fingerprint density at radius 2 is 1.67 bits per heavy atom. The van der Waals surface area contributed by atoms with Gasteiger partial charge in [-0.3, -0.25) is 0 Å². The molecule has 2 aromatic rings. The van der Waals surface area contributed by atoms with Crippen LogP contribution in [0.4, 0.5) is 0 Å². The van der Waals surface area contributed by atoms with Crippen LogP contribution in [0.5, 0.6) is 11.5 Å². The average Bonchev–Trinajstić information content (AvgIpc) is 2.81. The highest BCUT2D eigenvalue weighted by Gasteiger charge is 2.17. The van der Waals surface area contributed by atoms with Crippen LogP contribution in [0.25, 0.3) is 0 Å². The second-order valence-electron chi connectivity index (χ2n) is 4.34. The second-order valence-corrected chi connectivity index (χ2v) is 5.31. The SMILES string of the molecule is CC(N[C@H](C)c1cccs1)c1c(O)cccc1O. The van der Waals surface area contributed by atoms with Crippen molar-refractivity contribution in [3.8, 4) is 11.5 Å². The van der Waals surface area contributed by atoms with Crippen LogP contribution < -0.4 is 5.32 Å². The molecule has 18 heavy (non-hydrogen) atoms. The molecule has 2 atom stereocenters. The number of hydrogen-bond acceptors (Lipinski definition) is 4. The van der Waals surface area contributed by atoms with E-state index in [9.17, 15) is 10.2 Å². The maximum atomic E-state index is 9.81. The molecule has 2 rings (SSSR count). The number of benzene rings is 1. The average molecular weight is 263 g/mol. The van der Waals surface area contributed by atoms with Crippen molar-refractivity contribution >= 4 is 11.3 Å². The predicted molar refractivity (Wildman–Crippen MR) is 74.1 cm³/mol. The maximum Gasteiger partial charge on any atom is 0.124 e. The van der Waals surface area contributed by atoms with Crippen molar-refractivity contribution in [2.75, 3.05) is 0 Å². The standard InChI is InChI=1S/C14H17NO2S/c1-9(13-7-4-8-18-13)15-10(2)14-11(16)5-3-6-12(14)17/h3-10,15-17H,1-2H3/t9-,10?/m1/s1. The van der Waals surface area contributed by atoms with Crippen LogP contribution in [0.1, 0.15) is 36.4 Å². The van der Waals surface area contributed by atoms with Gasteiger partial charge >= 0.3 is 0 Å². The first-order valence-electron chi connectivity index (χ1n) is 5.90. The number of hydrogen-bond donors (Lipinski definition) is 3. The van der Waals surface area contributed by atoms with Gasteiger partial charge in [0.15, 0.2) is 0 Å². The van der Waals surface area contributed by atoms with E-state index in [-0.39, 0.29) is 23.6 Å². The fourth-order valence-electron chi connectivity index (χ4n) is 2.06. The summed E-state index contributed by atoms with van der Waals surface area (Å²) in [6.07, 6.45) is 0. The summed E-state index contributed by atoms with van der Waals surface area (Å²) in [6, 6.07) is 8.94. The zero-order chi connectivity index (χ0) is 13.1. The fourth-order valence-corrected chi connectivity index (χ4v) is 2.81. The van der Waals surface area contributed by atoms with Crippen LogP contribution in [0.3, 0.4) is 0 Å². The third kappa shape index (κ3) is 2.66. The Kier molecular flexibility index (Phi) is 3.89. The molecule has 0 fully saturated rings. The first kappa shape index (κ1) is 12.9. The van der Waals surface area contributed by atoms with Gasteiger partial charge in [0.1, 0.15) is 11.5 Å². The smallest absolute Gasteiger partial charge is 0.124 e. The summed E-state index contributed by atoms with van der Waals surface area (Å²) >= 11 is 1.69. The van der Waals surface area contributed by atoms with Crippen molar-refractivity contribution in [3.05, 3.63) is 46.2 Å². The molecule has 0 aliphatic carbocycles. The molecule has 0 saturated heterocycles. The Morgan fingerprint density at radius 3 is 2.22 bits per heavy atom. The maximum absolute atomic E-state index is 9.81. The zero-order valence-electron chi connectivity index (χ0n) is 10.4. The fraction of sp³-hybridized carbons (Fsp3) is 0.286. The Morgan fingerprint density at radius 1 is 1.00 bits per heavy atom. The van der Waals surface area contributed by atoms with Crippen LogP contribution in [0, 0.1) is 0 Å². The highest BCUT2D eigenvalue weighted by Crippen LogP contribution is 2.33. The van der Waals surface area contributed by atoms with Gasteiger partial charge in [-0.15, -0.1) is 11.3 Å². The molecule has 1 unspecified atom stereocenters. The molecule has 4 heteroatoms. The molecule has 0 spiro atoms. The van der Waals surface area contributed by atoms with Crippen molar-refractivity contribution in [1.29, 1.82) is 0 Å². The van der Waals surface area contributed by atoms with Gasteiger partial charge in [0.25, 0.3) is 0 Å². The van der Waals surface area contributed by atoms with Gasteiger partial charge < -0.3 is 15.5 Å². The Balaban J connectivity index is 2.15. The number of phenolic OH excluding ortho intramolecular Hbond substituents is 2. The molecule has 3 nitrogen and oxygen atoms in total. The largest absolute Gasteiger partial charge is 0.507 e. The Hall–Kier alpha value is -1.52. The van der Waals surface area contributed by atoms with Gasteiger partial charge in [0.05, 0.1) is 5.56 Å². The second kappa shape index (κ2) is 5.42. The molecular formula is C14H17NO2S. The van der Waals surface area contributed by atoms with Gasteiger partial charge in [-0.2, -0.15) is 0 Å². The molecule has 0 aliphatic rings.